The van der Waals surface area contributed by atoms with Gasteiger partial charge in [0.05, 0.1) is 0 Å². The number of hydrogen-bond donors (Lipinski definition) is 0. The van der Waals surface area contributed by atoms with Crippen LogP contribution in [0.3, 0.4) is 0 Å². The van der Waals surface area contributed by atoms with Crippen molar-refractivity contribution in [2.24, 2.45) is 13.0 Å². The summed E-state index contributed by atoms with van der Waals surface area (Å²) in [7, 11) is 1.99. The van der Waals surface area contributed by atoms with Gasteiger partial charge in [-0.3, -0.25) is 0 Å². The van der Waals surface area contributed by atoms with E-state index in [4.69, 9.17) is 11.6 Å². The third kappa shape index (κ3) is 4.07. The Kier molecular flexibility index (Phi) is 5.59. The zero-order chi connectivity index (χ0) is 16.2. The predicted octanol–water partition coefficient (Wildman–Crippen LogP) is 5.02. The number of halogens is 2. The van der Waals surface area contributed by atoms with Gasteiger partial charge in [0.15, 0.2) is 5.16 Å². The van der Waals surface area contributed by atoms with Crippen molar-refractivity contribution in [3.05, 3.63) is 40.4 Å². The fraction of sp³-hybridized carbons (Fsp3) is 0.529. The van der Waals surface area contributed by atoms with Gasteiger partial charge in [0.2, 0.25) is 0 Å². The van der Waals surface area contributed by atoms with Gasteiger partial charge in [0.1, 0.15) is 11.6 Å². The Morgan fingerprint density at radius 3 is 2.78 bits per heavy atom. The summed E-state index contributed by atoms with van der Waals surface area (Å²) in [6, 6.07) is 4.77. The molecule has 1 aliphatic rings. The molecule has 0 atom stereocenters. The van der Waals surface area contributed by atoms with Gasteiger partial charge >= 0.3 is 0 Å². The van der Waals surface area contributed by atoms with Crippen LogP contribution in [0, 0.1) is 11.7 Å². The molecule has 0 saturated heterocycles. The molecule has 0 unspecified atom stereocenters. The molecule has 124 valence electrons. The molecule has 0 N–H and O–H groups in total. The van der Waals surface area contributed by atoms with E-state index >= 15 is 0 Å². The Morgan fingerprint density at radius 2 is 2.04 bits per heavy atom. The minimum atomic E-state index is -0.269. The Balaban J connectivity index is 1.65. The molecule has 0 radical (unpaired) electrons. The van der Waals surface area contributed by atoms with Crippen LogP contribution in [0.15, 0.2) is 23.4 Å². The lowest BCUT2D eigenvalue weighted by atomic mass is 9.87. The summed E-state index contributed by atoms with van der Waals surface area (Å²) in [5.74, 6) is 1.94. The van der Waals surface area contributed by atoms with Crippen molar-refractivity contribution in [3.8, 4) is 0 Å². The van der Waals surface area contributed by atoms with Crippen LogP contribution in [-0.2, 0) is 19.2 Å². The SMILES string of the molecule is Cn1c(CC2CCCCC2)nnc1SCc1c(F)cccc1Cl. The smallest absolute Gasteiger partial charge is 0.191 e. The van der Waals surface area contributed by atoms with Crippen LogP contribution in [0.25, 0.3) is 0 Å². The monoisotopic (exact) mass is 353 g/mol. The molecule has 1 aliphatic carbocycles. The van der Waals surface area contributed by atoms with Gasteiger partial charge in [-0.15, -0.1) is 10.2 Å². The van der Waals surface area contributed by atoms with E-state index in [2.05, 4.69) is 10.2 Å². The highest BCUT2D eigenvalue weighted by molar-refractivity contribution is 7.98. The second-order valence-corrected chi connectivity index (χ2v) is 7.50. The van der Waals surface area contributed by atoms with E-state index < -0.39 is 0 Å². The van der Waals surface area contributed by atoms with Crippen LogP contribution in [0.2, 0.25) is 5.02 Å². The lowest BCUT2D eigenvalue weighted by Crippen LogP contribution is -2.12. The first kappa shape index (κ1) is 16.8. The maximum Gasteiger partial charge on any atom is 0.191 e. The molecular formula is C17H21ClFN3S. The van der Waals surface area contributed by atoms with Crippen molar-refractivity contribution in [2.75, 3.05) is 0 Å². The molecule has 2 aromatic rings. The van der Waals surface area contributed by atoms with Crippen LogP contribution >= 0.6 is 23.4 Å². The second-order valence-electron chi connectivity index (χ2n) is 6.15. The van der Waals surface area contributed by atoms with Crippen molar-refractivity contribution < 1.29 is 4.39 Å². The topological polar surface area (TPSA) is 30.7 Å². The molecule has 3 nitrogen and oxygen atoms in total. The maximum atomic E-state index is 13.8. The average molecular weight is 354 g/mol. The molecular weight excluding hydrogens is 333 g/mol. The zero-order valence-corrected chi connectivity index (χ0v) is 14.8. The molecule has 1 saturated carbocycles. The van der Waals surface area contributed by atoms with E-state index in [0.29, 0.717) is 16.3 Å². The second kappa shape index (κ2) is 7.67. The molecule has 23 heavy (non-hydrogen) atoms. The molecule has 6 heteroatoms. The minimum absolute atomic E-state index is 0.269. The minimum Gasteiger partial charge on any atom is -0.309 e. The standard InChI is InChI=1S/C17H21ClFN3S/c1-22-16(10-12-6-3-2-4-7-12)20-21-17(22)23-11-13-14(18)8-5-9-15(13)19/h5,8-9,12H,2-4,6-7,10-11H2,1H3. The summed E-state index contributed by atoms with van der Waals surface area (Å²) in [5.41, 5.74) is 0.524. The van der Waals surface area contributed by atoms with E-state index in [1.807, 2.05) is 11.6 Å². The Labute approximate surface area is 145 Å². The summed E-state index contributed by atoms with van der Waals surface area (Å²) in [5, 5.41) is 9.87. The third-order valence-corrected chi connectivity index (χ3v) is 5.93. The van der Waals surface area contributed by atoms with Crippen LogP contribution in [0.4, 0.5) is 4.39 Å². The molecule has 0 amide bonds. The summed E-state index contributed by atoms with van der Waals surface area (Å²) >= 11 is 7.55. The van der Waals surface area contributed by atoms with Crippen molar-refractivity contribution in [2.45, 2.75) is 49.4 Å². The first-order valence-electron chi connectivity index (χ1n) is 8.09. The van der Waals surface area contributed by atoms with Gasteiger partial charge in [-0.1, -0.05) is 61.5 Å². The van der Waals surface area contributed by atoms with Crippen molar-refractivity contribution >= 4 is 23.4 Å². The van der Waals surface area contributed by atoms with Gasteiger partial charge in [-0.2, -0.15) is 0 Å². The zero-order valence-electron chi connectivity index (χ0n) is 13.3. The number of rotatable bonds is 5. The summed E-state index contributed by atoms with van der Waals surface area (Å²) < 4.78 is 15.9. The van der Waals surface area contributed by atoms with E-state index in [0.717, 1.165) is 23.3 Å². The molecule has 1 aromatic carbocycles. The van der Waals surface area contributed by atoms with Crippen molar-refractivity contribution in [1.82, 2.24) is 14.8 Å². The lowest BCUT2D eigenvalue weighted by Gasteiger charge is -2.20. The summed E-state index contributed by atoms with van der Waals surface area (Å²) in [6.45, 7) is 0. The van der Waals surface area contributed by atoms with E-state index in [1.54, 1.807) is 12.1 Å². The van der Waals surface area contributed by atoms with E-state index in [9.17, 15) is 4.39 Å². The lowest BCUT2D eigenvalue weighted by molar-refractivity contribution is 0.348. The average Bonchev–Trinajstić information content (AvgIpc) is 2.89. The maximum absolute atomic E-state index is 13.8. The number of thioether (sulfide) groups is 1. The molecule has 0 bridgehead atoms. The molecule has 1 fully saturated rings. The first-order valence-corrected chi connectivity index (χ1v) is 9.45. The van der Waals surface area contributed by atoms with Crippen molar-refractivity contribution in [3.63, 3.8) is 0 Å². The summed E-state index contributed by atoms with van der Waals surface area (Å²) in [4.78, 5) is 0. The van der Waals surface area contributed by atoms with Gasteiger partial charge in [0.25, 0.3) is 0 Å². The van der Waals surface area contributed by atoms with Gasteiger partial charge in [-0.25, -0.2) is 4.39 Å². The number of benzene rings is 1. The fourth-order valence-corrected chi connectivity index (χ4v) is 4.38. The molecule has 0 spiro atoms. The van der Waals surface area contributed by atoms with Crippen LogP contribution < -0.4 is 0 Å². The highest BCUT2D eigenvalue weighted by Crippen LogP contribution is 2.29. The highest BCUT2D eigenvalue weighted by atomic mass is 35.5. The van der Waals surface area contributed by atoms with Crippen LogP contribution in [0.1, 0.15) is 43.5 Å². The van der Waals surface area contributed by atoms with Gasteiger partial charge < -0.3 is 4.57 Å². The Hall–Kier alpha value is -1.07. The van der Waals surface area contributed by atoms with Crippen LogP contribution in [0.5, 0.6) is 0 Å². The van der Waals surface area contributed by atoms with Crippen LogP contribution in [-0.4, -0.2) is 14.8 Å². The quantitative estimate of drug-likeness (QED) is 0.707. The normalized spacial score (nSPS) is 16.0. The Bertz CT molecular complexity index is 648. The molecule has 3 rings (SSSR count). The first-order chi connectivity index (χ1) is 11.1. The fourth-order valence-electron chi connectivity index (χ4n) is 3.10. The van der Waals surface area contributed by atoms with E-state index in [-0.39, 0.29) is 5.82 Å². The highest BCUT2D eigenvalue weighted by Gasteiger charge is 2.18. The third-order valence-electron chi connectivity index (χ3n) is 4.53. The van der Waals surface area contributed by atoms with E-state index in [1.165, 1.54) is 49.9 Å². The van der Waals surface area contributed by atoms with Crippen molar-refractivity contribution in [1.29, 1.82) is 0 Å². The number of hydrogen-bond acceptors (Lipinski definition) is 3. The number of aromatic nitrogens is 3. The predicted molar refractivity (Wildman–Crippen MR) is 92.3 cm³/mol. The largest absolute Gasteiger partial charge is 0.309 e. The molecule has 1 heterocycles. The summed E-state index contributed by atoms with van der Waals surface area (Å²) in [6.07, 6.45) is 7.59. The number of nitrogens with zero attached hydrogens (tertiary/aromatic N) is 3. The van der Waals surface area contributed by atoms with Gasteiger partial charge in [-0.05, 0) is 18.1 Å². The Morgan fingerprint density at radius 1 is 1.26 bits per heavy atom. The van der Waals surface area contributed by atoms with Gasteiger partial charge in [0, 0.05) is 29.8 Å². The molecule has 0 aliphatic heterocycles. The molecule has 1 aromatic heterocycles.